The number of nitrogens with one attached hydrogen (secondary N) is 1. The van der Waals surface area contributed by atoms with E-state index in [1.54, 1.807) is 10.9 Å². The molecule has 1 N–H and O–H groups in total. The van der Waals surface area contributed by atoms with Crippen LogP contribution in [-0.4, -0.2) is 28.8 Å². The van der Waals surface area contributed by atoms with E-state index in [0.29, 0.717) is 19.4 Å². The van der Waals surface area contributed by atoms with Gasteiger partial charge in [0.2, 0.25) is 5.91 Å². The maximum atomic E-state index is 12.0. The lowest BCUT2D eigenvalue weighted by atomic mass is 10.0. The summed E-state index contributed by atoms with van der Waals surface area (Å²) in [4.78, 5) is 23.4. The first-order valence-corrected chi connectivity index (χ1v) is 7.46. The second kappa shape index (κ2) is 8.12. The second-order valence-electron chi connectivity index (χ2n) is 5.32. The number of aromatic nitrogens is 2. The second-order valence-corrected chi connectivity index (χ2v) is 5.32. The summed E-state index contributed by atoms with van der Waals surface area (Å²) in [5.74, 6) is -0.318. The number of amides is 1. The van der Waals surface area contributed by atoms with E-state index in [4.69, 9.17) is 4.74 Å². The standard InChI is InChI=1S/C17H21N3O3/c1-20-12-13(10-19-20)7-8-16(21)18-11-15-6-4-3-5-14(15)9-17(22)23-2/h3-6,10,12H,7-9,11H2,1-2H3,(H,18,21). The topological polar surface area (TPSA) is 73.2 Å². The summed E-state index contributed by atoms with van der Waals surface area (Å²) in [6.07, 6.45) is 4.93. The SMILES string of the molecule is COC(=O)Cc1ccccc1CNC(=O)CCc1cnn(C)c1. The van der Waals surface area contributed by atoms with E-state index in [1.165, 1.54) is 7.11 Å². The largest absolute Gasteiger partial charge is 0.469 e. The summed E-state index contributed by atoms with van der Waals surface area (Å²) >= 11 is 0. The van der Waals surface area contributed by atoms with Crippen LogP contribution in [0.5, 0.6) is 0 Å². The van der Waals surface area contributed by atoms with Crippen LogP contribution in [0.2, 0.25) is 0 Å². The smallest absolute Gasteiger partial charge is 0.309 e. The van der Waals surface area contributed by atoms with Crippen molar-refractivity contribution in [1.82, 2.24) is 15.1 Å². The monoisotopic (exact) mass is 315 g/mol. The molecule has 1 heterocycles. The third kappa shape index (κ3) is 5.25. The Labute approximate surface area is 135 Å². The Balaban J connectivity index is 1.85. The molecule has 0 spiro atoms. The lowest BCUT2D eigenvalue weighted by Crippen LogP contribution is -2.24. The van der Waals surface area contributed by atoms with Crippen molar-refractivity contribution in [2.75, 3.05) is 7.11 Å². The average Bonchev–Trinajstić information content (AvgIpc) is 2.97. The molecule has 0 saturated heterocycles. The van der Waals surface area contributed by atoms with Gasteiger partial charge in [0.25, 0.3) is 0 Å². The van der Waals surface area contributed by atoms with E-state index in [-0.39, 0.29) is 18.3 Å². The molecule has 2 rings (SSSR count). The summed E-state index contributed by atoms with van der Waals surface area (Å²) in [5, 5.41) is 6.97. The number of carbonyl (C=O) groups excluding carboxylic acids is 2. The van der Waals surface area contributed by atoms with Gasteiger partial charge in [0, 0.05) is 26.2 Å². The van der Waals surface area contributed by atoms with Gasteiger partial charge in [-0.1, -0.05) is 24.3 Å². The van der Waals surface area contributed by atoms with E-state index in [0.717, 1.165) is 16.7 Å². The van der Waals surface area contributed by atoms with E-state index >= 15 is 0 Å². The highest BCUT2D eigenvalue weighted by atomic mass is 16.5. The van der Waals surface area contributed by atoms with Crippen LogP contribution in [0.1, 0.15) is 23.1 Å². The maximum absolute atomic E-state index is 12.0. The van der Waals surface area contributed by atoms with Crippen molar-refractivity contribution < 1.29 is 14.3 Å². The molecule has 0 unspecified atom stereocenters. The Morgan fingerprint density at radius 2 is 2.00 bits per heavy atom. The van der Waals surface area contributed by atoms with Crippen molar-refractivity contribution in [3.05, 3.63) is 53.3 Å². The molecular formula is C17H21N3O3. The predicted molar refractivity (Wildman–Crippen MR) is 85.5 cm³/mol. The van der Waals surface area contributed by atoms with Crippen molar-refractivity contribution in [3.8, 4) is 0 Å². The molecule has 1 aromatic carbocycles. The summed E-state index contributed by atoms with van der Waals surface area (Å²) < 4.78 is 6.41. The van der Waals surface area contributed by atoms with Crippen LogP contribution in [0.15, 0.2) is 36.7 Å². The minimum Gasteiger partial charge on any atom is -0.469 e. The highest BCUT2D eigenvalue weighted by Gasteiger charge is 2.09. The zero-order chi connectivity index (χ0) is 16.7. The fraction of sp³-hybridized carbons (Fsp3) is 0.353. The van der Waals surface area contributed by atoms with E-state index in [2.05, 4.69) is 10.4 Å². The molecule has 0 fully saturated rings. The summed E-state index contributed by atoms with van der Waals surface area (Å²) in [6.45, 7) is 0.402. The zero-order valence-electron chi connectivity index (χ0n) is 13.4. The van der Waals surface area contributed by atoms with Crippen molar-refractivity contribution in [1.29, 1.82) is 0 Å². The van der Waals surface area contributed by atoms with Gasteiger partial charge in [-0.15, -0.1) is 0 Å². The van der Waals surface area contributed by atoms with Crippen LogP contribution in [0.3, 0.4) is 0 Å². The van der Waals surface area contributed by atoms with Crippen LogP contribution >= 0.6 is 0 Å². The molecule has 23 heavy (non-hydrogen) atoms. The molecule has 6 heteroatoms. The molecule has 1 aromatic heterocycles. The number of benzene rings is 1. The third-order valence-electron chi connectivity index (χ3n) is 3.56. The fourth-order valence-electron chi connectivity index (χ4n) is 2.27. The van der Waals surface area contributed by atoms with Gasteiger partial charge in [-0.05, 0) is 23.1 Å². The Hall–Kier alpha value is -2.63. The Bertz CT molecular complexity index is 679. The molecule has 6 nitrogen and oxygen atoms in total. The zero-order valence-corrected chi connectivity index (χ0v) is 13.4. The number of nitrogens with zero attached hydrogens (tertiary/aromatic N) is 2. The number of rotatable bonds is 7. The van der Waals surface area contributed by atoms with Gasteiger partial charge < -0.3 is 10.1 Å². The molecular weight excluding hydrogens is 294 g/mol. The minimum atomic E-state index is -0.291. The first kappa shape index (κ1) is 16.7. The molecule has 2 aromatic rings. The number of carbonyl (C=O) groups is 2. The Morgan fingerprint density at radius 3 is 2.65 bits per heavy atom. The van der Waals surface area contributed by atoms with Gasteiger partial charge in [-0.2, -0.15) is 5.10 Å². The molecule has 0 bridgehead atoms. The molecule has 0 aliphatic heterocycles. The molecule has 0 atom stereocenters. The lowest BCUT2D eigenvalue weighted by Gasteiger charge is -2.10. The molecule has 0 aliphatic carbocycles. The molecule has 1 amide bonds. The van der Waals surface area contributed by atoms with Crippen molar-refractivity contribution >= 4 is 11.9 Å². The van der Waals surface area contributed by atoms with Crippen LogP contribution in [-0.2, 0) is 40.8 Å². The molecule has 122 valence electrons. The van der Waals surface area contributed by atoms with E-state index in [9.17, 15) is 9.59 Å². The van der Waals surface area contributed by atoms with Gasteiger partial charge in [-0.3, -0.25) is 14.3 Å². The number of methoxy groups -OCH3 is 1. The van der Waals surface area contributed by atoms with Crippen molar-refractivity contribution in [2.45, 2.75) is 25.8 Å². The van der Waals surface area contributed by atoms with E-state index < -0.39 is 0 Å². The van der Waals surface area contributed by atoms with Crippen LogP contribution < -0.4 is 5.32 Å². The molecule has 0 saturated carbocycles. The maximum Gasteiger partial charge on any atom is 0.309 e. The fourth-order valence-corrected chi connectivity index (χ4v) is 2.27. The summed E-state index contributed by atoms with van der Waals surface area (Å²) in [6, 6.07) is 7.53. The average molecular weight is 315 g/mol. The van der Waals surface area contributed by atoms with E-state index in [1.807, 2.05) is 37.5 Å². The number of esters is 1. The minimum absolute atomic E-state index is 0.0262. The number of hydrogen-bond donors (Lipinski definition) is 1. The Kier molecular flexibility index (Phi) is 5.91. The number of hydrogen-bond acceptors (Lipinski definition) is 4. The number of ether oxygens (including phenoxy) is 1. The lowest BCUT2D eigenvalue weighted by molar-refractivity contribution is -0.139. The summed E-state index contributed by atoms with van der Waals surface area (Å²) in [7, 11) is 3.22. The summed E-state index contributed by atoms with van der Waals surface area (Å²) in [5.41, 5.74) is 2.83. The highest BCUT2D eigenvalue weighted by molar-refractivity contribution is 5.76. The van der Waals surface area contributed by atoms with Crippen molar-refractivity contribution in [2.24, 2.45) is 7.05 Å². The van der Waals surface area contributed by atoms with Crippen LogP contribution in [0, 0.1) is 0 Å². The van der Waals surface area contributed by atoms with Crippen LogP contribution in [0.4, 0.5) is 0 Å². The Morgan fingerprint density at radius 1 is 1.26 bits per heavy atom. The van der Waals surface area contributed by atoms with Gasteiger partial charge in [-0.25, -0.2) is 0 Å². The van der Waals surface area contributed by atoms with Gasteiger partial charge >= 0.3 is 5.97 Å². The number of aryl methyl sites for hydroxylation is 2. The van der Waals surface area contributed by atoms with Gasteiger partial charge in [0.15, 0.2) is 0 Å². The normalized spacial score (nSPS) is 10.3. The third-order valence-corrected chi connectivity index (χ3v) is 3.56. The molecule has 0 radical (unpaired) electrons. The molecule has 0 aliphatic rings. The first-order chi connectivity index (χ1) is 11.1. The van der Waals surface area contributed by atoms with Gasteiger partial charge in [0.05, 0.1) is 19.7 Å². The van der Waals surface area contributed by atoms with Gasteiger partial charge in [0.1, 0.15) is 0 Å². The highest BCUT2D eigenvalue weighted by Crippen LogP contribution is 2.10. The quantitative estimate of drug-likeness (QED) is 0.784. The van der Waals surface area contributed by atoms with Crippen LogP contribution in [0.25, 0.3) is 0 Å². The predicted octanol–water partition coefficient (Wildman–Crippen LogP) is 1.38. The first-order valence-electron chi connectivity index (χ1n) is 7.46. The van der Waals surface area contributed by atoms with Crippen molar-refractivity contribution in [3.63, 3.8) is 0 Å².